The molecule has 0 unspecified atom stereocenters. The number of hydrogen-bond acceptors (Lipinski definition) is 7. The van der Waals surface area contributed by atoms with Crippen LogP contribution in [0, 0.1) is 0 Å². The van der Waals surface area contributed by atoms with Gasteiger partial charge in [0.05, 0.1) is 11.5 Å². The smallest absolute Gasteiger partial charge is 0.278 e. The maximum Gasteiger partial charge on any atom is 0.278 e. The van der Waals surface area contributed by atoms with Crippen LogP contribution in [-0.2, 0) is 45.5 Å². The largest absolute Gasteiger partial charge is 0.322 e. The van der Waals surface area contributed by atoms with Crippen LogP contribution < -0.4 is 5.32 Å². The van der Waals surface area contributed by atoms with Crippen molar-refractivity contribution in [1.29, 1.82) is 0 Å². The summed E-state index contributed by atoms with van der Waals surface area (Å²) < 4.78 is 49.9. The summed E-state index contributed by atoms with van der Waals surface area (Å²) in [4.78, 5) is 4.18. The number of anilines is 2. The zero-order valence-corrected chi connectivity index (χ0v) is 17.6. The molecule has 160 valence electrons. The lowest BCUT2D eigenvalue weighted by Crippen LogP contribution is -2.43. The molecule has 11 heteroatoms. The SMILES string of the molecule is O=S1(=O)CCN(S(=O)(=O)c2nc(Nc3c4c(cc5c3CCC5)CCC4)n[nH]2)CC1.[HH].[HH]. The number of benzene rings is 1. The number of nitrogens with one attached hydrogen (secondary N) is 2. The van der Waals surface area contributed by atoms with Crippen LogP contribution >= 0.6 is 0 Å². The lowest BCUT2D eigenvalue weighted by molar-refractivity contribution is 0.426. The minimum atomic E-state index is -3.91. The lowest BCUT2D eigenvalue weighted by Gasteiger charge is -2.24. The molecule has 0 amide bonds. The first-order chi connectivity index (χ1) is 13.8. The molecule has 0 atom stereocenters. The van der Waals surface area contributed by atoms with Gasteiger partial charge in [0, 0.05) is 21.6 Å². The van der Waals surface area contributed by atoms with Crippen LogP contribution in [0.2, 0.25) is 0 Å². The summed E-state index contributed by atoms with van der Waals surface area (Å²) in [6.07, 6.45) is 6.40. The second-order valence-electron chi connectivity index (χ2n) is 7.88. The van der Waals surface area contributed by atoms with E-state index in [-0.39, 0.29) is 38.6 Å². The number of aromatic amines is 1. The molecule has 5 rings (SSSR count). The Labute approximate surface area is 172 Å². The van der Waals surface area contributed by atoms with Crippen molar-refractivity contribution in [3.8, 4) is 0 Å². The Morgan fingerprint density at radius 2 is 1.66 bits per heavy atom. The number of hydrogen-bond donors (Lipinski definition) is 2. The summed E-state index contributed by atoms with van der Waals surface area (Å²) >= 11 is 0. The van der Waals surface area contributed by atoms with Crippen LogP contribution in [0.1, 0.15) is 37.9 Å². The summed E-state index contributed by atoms with van der Waals surface area (Å²) in [5.41, 5.74) is 6.36. The van der Waals surface area contributed by atoms with Crippen LogP contribution in [0.5, 0.6) is 0 Å². The Balaban J connectivity index is 0.00000136. The first-order valence-corrected chi connectivity index (χ1v) is 13.2. The monoisotopic (exact) mass is 441 g/mol. The third-order valence-corrected chi connectivity index (χ3v) is 9.39. The number of H-pyrrole nitrogens is 1. The summed E-state index contributed by atoms with van der Waals surface area (Å²) in [5, 5.41) is 9.62. The average Bonchev–Trinajstić information content (AvgIpc) is 3.41. The number of sulfonamides is 1. The van der Waals surface area contributed by atoms with Gasteiger partial charge in [-0.3, -0.25) is 0 Å². The fourth-order valence-corrected chi connectivity index (χ4v) is 7.26. The van der Waals surface area contributed by atoms with Crippen LogP contribution in [0.3, 0.4) is 0 Å². The molecule has 1 aromatic carbocycles. The Hall–Kier alpha value is -1.98. The van der Waals surface area contributed by atoms with Crippen LogP contribution in [0.4, 0.5) is 11.6 Å². The molecule has 1 saturated heterocycles. The van der Waals surface area contributed by atoms with Crippen molar-refractivity contribution < 1.29 is 19.7 Å². The van der Waals surface area contributed by atoms with Crippen molar-refractivity contribution in [3.63, 3.8) is 0 Å². The van der Waals surface area contributed by atoms with Gasteiger partial charge in [-0.05, 0) is 60.8 Å². The second kappa shape index (κ2) is 6.78. The molecule has 29 heavy (non-hydrogen) atoms. The quantitative estimate of drug-likeness (QED) is 0.735. The highest BCUT2D eigenvalue weighted by Crippen LogP contribution is 2.39. The molecule has 2 heterocycles. The van der Waals surface area contributed by atoms with Crippen molar-refractivity contribution in [1.82, 2.24) is 19.5 Å². The van der Waals surface area contributed by atoms with Crippen molar-refractivity contribution in [3.05, 3.63) is 28.3 Å². The predicted octanol–water partition coefficient (Wildman–Crippen LogP) is 1.44. The molecule has 3 aliphatic rings. The lowest BCUT2D eigenvalue weighted by atomic mass is 9.99. The van der Waals surface area contributed by atoms with E-state index in [1.54, 1.807) is 0 Å². The maximum atomic E-state index is 12.8. The van der Waals surface area contributed by atoms with Gasteiger partial charge in [0.25, 0.3) is 15.2 Å². The minimum Gasteiger partial charge on any atom is -0.322 e. The molecular weight excluding hydrogens is 414 g/mol. The van der Waals surface area contributed by atoms with E-state index in [1.807, 2.05) is 0 Å². The Morgan fingerprint density at radius 3 is 2.28 bits per heavy atom. The topological polar surface area (TPSA) is 125 Å². The molecule has 0 spiro atoms. The highest BCUT2D eigenvalue weighted by molar-refractivity contribution is 7.92. The van der Waals surface area contributed by atoms with Gasteiger partial charge in [-0.25, -0.2) is 21.9 Å². The Bertz CT molecular complexity index is 1150. The van der Waals surface area contributed by atoms with E-state index < -0.39 is 19.9 Å². The molecule has 2 N–H and O–H groups in total. The molecule has 2 aromatic rings. The molecule has 0 bridgehead atoms. The fourth-order valence-electron chi connectivity index (χ4n) is 4.56. The van der Waals surface area contributed by atoms with Gasteiger partial charge in [-0.1, -0.05) is 6.07 Å². The van der Waals surface area contributed by atoms with Gasteiger partial charge in [-0.15, -0.1) is 5.10 Å². The van der Waals surface area contributed by atoms with E-state index in [2.05, 4.69) is 26.6 Å². The van der Waals surface area contributed by atoms with E-state index in [9.17, 15) is 16.8 Å². The molecule has 0 radical (unpaired) electrons. The zero-order chi connectivity index (χ0) is 20.2. The molecule has 2 aliphatic carbocycles. The average molecular weight is 442 g/mol. The van der Waals surface area contributed by atoms with Crippen LogP contribution in [-0.4, -0.2) is 60.9 Å². The van der Waals surface area contributed by atoms with Gasteiger partial charge >= 0.3 is 0 Å². The van der Waals surface area contributed by atoms with E-state index in [0.717, 1.165) is 48.5 Å². The highest BCUT2D eigenvalue weighted by atomic mass is 32.2. The number of sulfone groups is 1. The zero-order valence-electron chi connectivity index (χ0n) is 15.9. The number of aromatic nitrogens is 3. The van der Waals surface area contributed by atoms with E-state index in [4.69, 9.17) is 0 Å². The fraction of sp³-hybridized carbons (Fsp3) is 0.556. The predicted molar refractivity (Wildman–Crippen MR) is 112 cm³/mol. The summed E-state index contributed by atoms with van der Waals surface area (Å²) in [5.74, 6) is -0.121. The van der Waals surface area contributed by atoms with E-state index in [0.29, 0.717) is 0 Å². The number of aryl methyl sites for hydroxylation is 2. The Morgan fingerprint density at radius 1 is 1.03 bits per heavy atom. The summed E-state index contributed by atoms with van der Waals surface area (Å²) in [7, 11) is -7.08. The third-order valence-electron chi connectivity index (χ3n) is 6.06. The number of fused-ring (bicyclic) bond motifs is 2. The molecular formula is C18H27N5O4S2. The van der Waals surface area contributed by atoms with Gasteiger partial charge in [-0.2, -0.15) is 9.29 Å². The first-order valence-electron chi connectivity index (χ1n) is 9.90. The van der Waals surface area contributed by atoms with E-state index in [1.165, 1.54) is 22.3 Å². The number of rotatable bonds is 4. The first kappa shape index (κ1) is 19.0. The minimum absolute atomic E-state index is 0. The van der Waals surface area contributed by atoms with Gasteiger partial charge in [0.2, 0.25) is 5.95 Å². The number of nitrogens with zero attached hydrogens (tertiary/aromatic N) is 3. The third kappa shape index (κ3) is 3.34. The molecule has 1 aliphatic heterocycles. The van der Waals surface area contributed by atoms with Gasteiger partial charge in [0.1, 0.15) is 0 Å². The Kier molecular flexibility index (Phi) is 4.44. The highest BCUT2D eigenvalue weighted by Gasteiger charge is 2.34. The van der Waals surface area contributed by atoms with Crippen molar-refractivity contribution in [2.45, 2.75) is 43.7 Å². The van der Waals surface area contributed by atoms with Crippen molar-refractivity contribution in [2.75, 3.05) is 29.9 Å². The van der Waals surface area contributed by atoms with Crippen LogP contribution in [0.25, 0.3) is 0 Å². The standard InChI is InChI=1S/C18H23N5O4S2.2H2/c24-28(25)9-7-23(8-10-28)29(26,27)18-20-17(21-22-18)19-16-14-5-1-3-12(14)11-13-4-2-6-15(13)16;;/h11H,1-10H2,(H2,19,20,21,22);2*1H. The molecule has 0 saturated carbocycles. The molecule has 9 nitrogen and oxygen atoms in total. The van der Waals surface area contributed by atoms with Crippen molar-refractivity contribution in [2.24, 2.45) is 0 Å². The molecule has 1 aromatic heterocycles. The van der Waals surface area contributed by atoms with Crippen LogP contribution in [0.15, 0.2) is 11.2 Å². The normalized spacial score (nSPS) is 21.1. The summed E-state index contributed by atoms with van der Waals surface area (Å²) in [6, 6.07) is 2.33. The maximum absolute atomic E-state index is 12.8. The van der Waals surface area contributed by atoms with Gasteiger partial charge in [0.15, 0.2) is 9.84 Å². The van der Waals surface area contributed by atoms with E-state index >= 15 is 0 Å². The van der Waals surface area contributed by atoms with Crippen molar-refractivity contribution >= 4 is 31.5 Å². The second-order valence-corrected chi connectivity index (χ2v) is 12.0. The molecule has 1 fully saturated rings. The summed E-state index contributed by atoms with van der Waals surface area (Å²) in [6.45, 7) is -0.123. The van der Waals surface area contributed by atoms with Gasteiger partial charge < -0.3 is 5.32 Å².